The summed E-state index contributed by atoms with van der Waals surface area (Å²) in [5.41, 5.74) is 6.32. The molecule has 22 heavy (non-hydrogen) atoms. The molecular weight excluding hydrogens is 306 g/mol. The highest BCUT2D eigenvalue weighted by atomic mass is 35.5. The van der Waals surface area contributed by atoms with Crippen molar-refractivity contribution in [3.63, 3.8) is 0 Å². The van der Waals surface area contributed by atoms with Crippen LogP contribution in [0.25, 0.3) is 0 Å². The Bertz CT molecular complexity index is 610. The molecule has 0 aromatic heterocycles. The van der Waals surface area contributed by atoms with Gasteiger partial charge >= 0.3 is 0 Å². The summed E-state index contributed by atoms with van der Waals surface area (Å²) in [6, 6.07) is 6.46. The predicted octanol–water partition coefficient (Wildman–Crippen LogP) is 0.994. The van der Waals surface area contributed by atoms with Crippen LogP contribution in [0.5, 0.6) is 0 Å². The highest BCUT2D eigenvalue weighted by Gasteiger charge is 2.11. The lowest BCUT2D eigenvalue weighted by molar-refractivity contribution is -0.112. The van der Waals surface area contributed by atoms with Gasteiger partial charge in [-0.15, -0.1) is 0 Å². The number of nitrogen functional groups attached to an aromatic ring is 1. The van der Waals surface area contributed by atoms with E-state index < -0.39 is 5.91 Å². The third-order valence-corrected chi connectivity index (χ3v) is 2.89. The Hall–Kier alpha value is -2.72. The van der Waals surface area contributed by atoms with E-state index in [4.69, 9.17) is 22.6 Å². The second kappa shape index (κ2) is 9.26. The summed E-state index contributed by atoms with van der Waals surface area (Å²) in [5, 5.41) is 17.2. The van der Waals surface area contributed by atoms with Crippen LogP contribution in [0.4, 0.5) is 11.4 Å². The minimum absolute atomic E-state index is 0.0868. The van der Waals surface area contributed by atoms with Gasteiger partial charge < -0.3 is 21.7 Å². The maximum Gasteiger partial charge on any atom is 0.267 e. The van der Waals surface area contributed by atoms with Crippen LogP contribution in [-0.2, 0) is 9.59 Å². The molecule has 0 saturated heterocycles. The summed E-state index contributed by atoms with van der Waals surface area (Å²) in [7, 11) is 0. The van der Waals surface area contributed by atoms with E-state index in [-0.39, 0.29) is 5.57 Å². The lowest BCUT2D eigenvalue weighted by Crippen LogP contribution is -2.20. The van der Waals surface area contributed by atoms with E-state index >= 15 is 0 Å². The number of nitrogens with two attached hydrogens (primary N) is 1. The second-order valence-corrected chi connectivity index (χ2v) is 4.65. The van der Waals surface area contributed by atoms with Gasteiger partial charge in [0.25, 0.3) is 5.91 Å². The van der Waals surface area contributed by atoms with E-state index in [2.05, 4.69) is 16.0 Å². The molecule has 0 aliphatic heterocycles. The number of nitrogens with zero attached hydrogens (tertiary/aromatic N) is 1. The first kappa shape index (κ1) is 17.3. The molecule has 0 atom stereocenters. The maximum atomic E-state index is 12.0. The van der Waals surface area contributed by atoms with Crippen molar-refractivity contribution in [1.29, 1.82) is 5.26 Å². The number of amides is 2. The van der Waals surface area contributed by atoms with Gasteiger partial charge in [-0.2, -0.15) is 5.26 Å². The van der Waals surface area contributed by atoms with Crippen molar-refractivity contribution in [2.24, 2.45) is 0 Å². The fourth-order valence-corrected chi connectivity index (χ4v) is 1.73. The van der Waals surface area contributed by atoms with E-state index in [1.54, 1.807) is 18.2 Å². The molecule has 1 aromatic rings. The van der Waals surface area contributed by atoms with Crippen molar-refractivity contribution in [3.8, 4) is 6.07 Å². The van der Waals surface area contributed by atoms with Gasteiger partial charge in [0.15, 0.2) is 0 Å². The van der Waals surface area contributed by atoms with Gasteiger partial charge in [0.1, 0.15) is 11.6 Å². The first-order valence-corrected chi connectivity index (χ1v) is 6.83. The number of benzene rings is 1. The van der Waals surface area contributed by atoms with Crippen LogP contribution in [0.1, 0.15) is 6.42 Å². The molecule has 7 nitrogen and oxygen atoms in total. The van der Waals surface area contributed by atoms with E-state index in [9.17, 15) is 9.59 Å². The summed E-state index contributed by atoms with van der Waals surface area (Å²) >= 11 is 5.95. The average Bonchev–Trinajstić information content (AvgIpc) is 2.49. The molecule has 2 amide bonds. The number of halogens is 1. The zero-order valence-corrected chi connectivity index (χ0v) is 12.5. The van der Waals surface area contributed by atoms with Crippen LogP contribution in [-0.4, -0.2) is 25.4 Å². The first-order valence-electron chi connectivity index (χ1n) is 6.45. The number of nitrogens with one attached hydrogen (secondary N) is 3. The van der Waals surface area contributed by atoms with Gasteiger partial charge in [0.2, 0.25) is 6.41 Å². The van der Waals surface area contributed by atoms with Gasteiger partial charge in [0.05, 0.1) is 10.7 Å². The first-order chi connectivity index (χ1) is 10.6. The molecule has 0 bridgehead atoms. The van der Waals surface area contributed by atoms with E-state index in [0.717, 1.165) is 0 Å². The molecule has 8 heteroatoms. The van der Waals surface area contributed by atoms with Crippen LogP contribution in [0, 0.1) is 11.3 Å². The Morgan fingerprint density at radius 1 is 1.36 bits per heavy atom. The van der Waals surface area contributed by atoms with Crippen molar-refractivity contribution < 1.29 is 9.59 Å². The molecule has 0 radical (unpaired) electrons. The average molecular weight is 322 g/mol. The Labute approximate surface area is 133 Å². The molecule has 116 valence electrons. The SMILES string of the molecule is N#C/C(=C/NCCCNC=O)C(=O)Nc1ccc(N)cc1Cl. The summed E-state index contributed by atoms with van der Waals surface area (Å²) in [6.45, 7) is 1.03. The topological polar surface area (TPSA) is 120 Å². The van der Waals surface area contributed by atoms with Crippen LogP contribution < -0.4 is 21.7 Å². The number of hydrogen-bond donors (Lipinski definition) is 4. The van der Waals surface area contributed by atoms with Crippen molar-refractivity contribution >= 4 is 35.3 Å². The zero-order valence-electron chi connectivity index (χ0n) is 11.7. The molecule has 0 aliphatic carbocycles. The molecule has 0 spiro atoms. The minimum Gasteiger partial charge on any atom is -0.399 e. The zero-order chi connectivity index (χ0) is 16.4. The van der Waals surface area contributed by atoms with Gasteiger partial charge in [-0.1, -0.05) is 11.6 Å². The minimum atomic E-state index is -0.576. The molecule has 0 unspecified atom stereocenters. The summed E-state index contributed by atoms with van der Waals surface area (Å²) in [5.74, 6) is -0.576. The fourth-order valence-electron chi connectivity index (χ4n) is 1.50. The predicted molar refractivity (Wildman–Crippen MR) is 84.9 cm³/mol. The van der Waals surface area contributed by atoms with E-state index in [1.165, 1.54) is 12.3 Å². The van der Waals surface area contributed by atoms with Crippen molar-refractivity contribution in [3.05, 3.63) is 35.0 Å². The standard InChI is InChI=1S/C14H16ClN5O2/c15-12-6-11(17)2-3-13(12)20-14(22)10(7-16)8-18-4-1-5-19-9-21/h2-3,6,8-9,18H,1,4-5,17H2,(H,19,21)(H,20,22)/b10-8-. The van der Waals surface area contributed by atoms with E-state index in [1.807, 2.05) is 0 Å². The third-order valence-electron chi connectivity index (χ3n) is 2.58. The van der Waals surface area contributed by atoms with Crippen LogP contribution in [0.15, 0.2) is 30.0 Å². The Kier molecular flexibility index (Phi) is 7.29. The highest BCUT2D eigenvalue weighted by Crippen LogP contribution is 2.24. The molecule has 1 aromatic carbocycles. The number of hydrogen-bond acceptors (Lipinski definition) is 5. The van der Waals surface area contributed by atoms with Gasteiger partial charge in [-0.25, -0.2) is 0 Å². The Morgan fingerprint density at radius 2 is 2.09 bits per heavy atom. The summed E-state index contributed by atoms with van der Waals surface area (Å²) in [6.07, 6.45) is 2.60. The van der Waals surface area contributed by atoms with Crippen LogP contribution in [0.3, 0.4) is 0 Å². The van der Waals surface area contributed by atoms with Gasteiger partial charge in [-0.3, -0.25) is 9.59 Å². The smallest absolute Gasteiger partial charge is 0.267 e. The Morgan fingerprint density at radius 3 is 2.73 bits per heavy atom. The number of nitriles is 1. The number of carbonyl (C=O) groups is 2. The highest BCUT2D eigenvalue weighted by molar-refractivity contribution is 6.34. The van der Waals surface area contributed by atoms with Crippen molar-refractivity contribution in [2.45, 2.75) is 6.42 Å². The lowest BCUT2D eigenvalue weighted by Gasteiger charge is -2.07. The number of anilines is 2. The monoisotopic (exact) mass is 321 g/mol. The summed E-state index contributed by atoms with van der Waals surface area (Å²) < 4.78 is 0. The van der Waals surface area contributed by atoms with Crippen LogP contribution in [0.2, 0.25) is 5.02 Å². The van der Waals surface area contributed by atoms with E-state index in [0.29, 0.717) is 42.3 Å². The molecule has 0 saturated carbocycles. The van der Waals surface area contributed by atoms with Gasteiger partial charge in [-0.05, 0) is 24.6 Å². The Balaban J connectivity index is 2.57. The molecule has 0 fully saturated rings. The molecule has 1 rings (SSSR count). The van der Waals surface area contributed by atoms with Gasteiger partial charge in [0, 0.05) is 25.0 Å². The maximum absolute atomic E-state index is 12.0. The molecular formula is C14H16ClN5O2. The van der Waals surface area contributed by atoms with Crippen LogP contribution >= 0.6 is 11.6 Å². The quantitative estimate of drug-likeness (QED) is 0.187. The number of rotatable bonds is 8. The van der Waals surface area contributed by atoms with Crippen molar-refractivity contribution in [2.75, 3.05) is 24.1 Å². The molecule has 0 aliphatic rings. The normalized spacial score (nSPS) is 10.5. The number of carbonyl (C=O) groups excluding carboxylic acids is 2. The largest absolute Gasteiger partial charge is 0.399 e. The molecule has 0 heterocycles. The molecule has 5 N–H and O–H groups in total. The fraction of sp³-hybridized carbons (Fsp3) is 0.214. The van der Waals surface area contributed by atoms with Crippen molar-refractivity contribution in [1.82, 2.24) is 10.6 Å². The second-order valence-electron chi connectivity index (χ2n) is 4.24. The summed E-state index contributed by atoms with van der Waals surface area (Å²) in [4.78, 5) is 22.0. The lowest BCUT2D eigenvalue weighted by atomic mass is 10.2. The third kappa shape index (κ3) is 5.73.